The number of hydrogen-bond donors (Lipinski definition) is 3. The van der Waals surface area contributed by atoms with Crippen LogP contribution < -0.4 is 10.2 Å². The molecule has 29 heavy (non-hydrogen) atoms. The third-order valence-corrected chi connectivity index (χ3v) is 5.43. The van der Waals surface area contributed by atoms with Gasteiger partial charge in [-0.15, -0.1) is 0 Å². The number of carboxylic acid groups (broad SMARTS) is 1. The van der Waals surface area contributed by atoms with E-state index in [9.17, 15) is 18.7 Å². The van der Waals surface area contributed by atoms with Crippen molar-refractivity contribution < 1.29 is 18.7 Å². The van der Waals surface area contributed by atoms with Crippen LogP contribution in [0.1, 0.15) is 30.9 Å². The molecule has 0 radical (unpaired) electrons. The van der Waals surface area contributed by atoms with E-state index in [1.54, 1.807) is 0 Å². The van der Waals surface area contributed by atoms with Crippen molar-refractivity contribution in [3.05, 3.63) is 58.7 Å². The first-order chi connectivity index (χ1) is 13.9. The van der Waals surface area contributed by atoms with Crippen molar-refractivity contribution in [3.63, 3.8) is 0 Å². The lowest BCUT2D eigenvalue weighted by atomic mass is 9.91. The summed E-state index contributed by atoms with van der Waals surface area (Å²) in [5.41, 5.74) is 0.699. The number of halogens is 3. The molecule has 0 unspecified atom stereocenters. The molecule has 3 N–H and O–H groups in total. The lowest BCUT2D eigenvalue weighted by molar-refractivity contribution is 0.194. The van der Waals surface area contributed by atoms with Crippen molar-refractivity contribution >= 4 is 34.3 Å². The smallest absolute Gasteiger partial charge is 0.412 e. The molecule has 1 saturated heterocycles. The minimum Gasteiger partial charge on any atom is -0.465 e. The fraction of sp³-hybridized carbons (Fsp3) is 0.300. The van der Waals surface area contributed by atoms with Gasteiger partial charge in [0.2, 0.25) is 0 Å². The van der Waals surface area contributed by atoms with Gasteiger partial charge in [0.25, 0.3) is 0 Å². The summed E-state index contributed by atoms with van der Waals surface area (Å²) in [5, 5.41) is 20.6. The van der Waals surface area contributed by atoms with E-state index >= 15 is 0 Å². The number of anilines is 1. The highest BCUT2D eigenvalue weighted by Gasteiger charge is 2.36. The number of piperidine rings is 1. The first-order valence-electron chi connectivity index (χ1n) is 9.28. The van der Waals surface area contributed by atoms with Crippen LogP contribution in [0.25, 0.3) is 10.9 Å². The highest BCUT2D eigenvalue weighted by molar-refractivity contribution is 6.30. The number of nitrogens with one attached hydrogen (secondary N) is 2. The molecule has 1 aliphatic heterocycles. The van der Waals surface area contributed by atoms with Crippen molar-refractivity contribution in [2.75, 3.05) is 11.4 Å². The van der Waals surface area contributed by atoms with Crippen molar-refractivity contribution in [2.45, 2.75) is 31.3 Å². The number of aromatic amines is 1. The lowest BCUT2D eigenvalue weighted by Gasteiger charge is -2.38. The summed E-state index contributed by atoms with van der Waals surface area (Å²) in [6.45, 7) is 0.695. The van der Waals surface area contributed by atoms with E-state index in [1.807, 2.05) is 0 Å². The maximum atomic E-state index is 14.9. The second kappa shape index (κ2) is 7.96. The highest BCUT2D eigenvalue weighted by Crippen LogP contribution is 2.37. The van der Waals surface area contributed by atoms with Crippen LogP contribution in [0.4, 0.5) is 19.3 Å². The zero-order valence-electron chi connectivity index (χ0n) is 15.3. The summed E-state index contributed by atoms with van der Waals surface area (Å²) in [6, 6.07) is 5.38. The highest BCUT2D eigenvalue weighted by atomic mass is 35.5. The Balaban J connectivity index is 1.88. The lowest BCUT2D eigenvalue weighted by Crippen LogP contribution is -2.48. The molecule has 4 rings (SSSR count). The Bertz CT molecular complexity index is 1030. The van der Waals surface area contributed by atoms with Crippen molar-refractivity contribution in [1.82, 2.24) is 15.5 Å². The van der Waals surface area contributed by atoms with Gasteiger partial charge in [0, 0.05) is 22.5 Å². The Morgan fingerprint density at radius 1 is 1.24 bits per heavy atom. The van der Waals surface area contributed by atoms with Gasteiger partial charge in [-0.3, -0.25) is 10.00 Å². The molecule has 0 spiro atoms. The molecular formula is C20H19ClF2N4O2. The van der Waals surface area contributed by atoms with Gasteiger partial charge < -0.3 is 10.4 Å². The molecule has 0 aliphatic carbocycles. The molecular weight excluding hydrogens is 402 g/mol. The predicted molar refractivity (Wildman–Crippen MR) is 106 cm³/mol. The quantitative estimate of drug-likeness (QED) is 0.563. The van der Waals surface area contributed by atoms with E-state index in [0.717, 1.165) is 23.8 Å². The van der Waals surface area contributed by atoms with Crippen molar-refractivity contribution in [2.24, 2.45) is 0 Å². The number of aromatic nitrogens is 2. The van der Waals surface area contributed by atoms with E-state index in [4.69, 9.17) is 11.6 Å². The van der Waals surface area contributed by atoms with Gasteiger partial charge in [0.15, 0.2) is 0 Å². The summed E-state index contributed by atoms with van der Waals surface area (Å²) in [7, 11) is 0. The summed E-state index contributed by atoms with van der Waals surface area (Å²) >= 11 is 6.05. The van der Waals surface area contributed by atoms with Crippen LogP contribution in [0.3, 0.4) is 0 Å². The van der Waals surface area contributed by atoms with Gasteiger partial charge >= 0.3 is 6.09 Å². The van der Waals surface area contributed by atoms with Crippen LogP contribution >= 0.6 is 11.6 Å². The minimum atomic E-state index is -1.34. The maximum Gasteiger partial charge on any atom is 0.412 e. The van der Waals surface area contributed by atoms with Crippen LogP contribution in [0.2, 0.25) is 5.02 Å². The molecule has 1 aromatic heterocycles. The Labute approximate surface area is 170 Å². The summed E-state index contributed by atoms with van der Waals surface area (Å²) in [5.74, 6) is -1.29. The molecule has 6 nitrogen and oxygen atoms in total. The molecule has 1 fully saturated rings. The number of rotatable bonds is 4. The molecule has 2 heterocycles. The third kappa shape index (κ3) is 3.90. The predicted octanol–water partition coefficient (Wildman–Crippen LogP) is 4.86. The number of carbonyl (C=O) groups is 1. The van der Waals surface area contributed by atoms with Gasteiger partial charge in [0.1, 0.15) is 11.6 Å². The number of H-pyrrole nitrogens is 1. The van der Waals surface area contributed by atoms with E-state index in [2.05, 4.69) is 15.5 Å². The number of fused-ring (bicyclic) bond motifs is 1. The van der Waals surface area contributed by atoms with Gasteiger partial charge in [-0.2, -0.15) is 5.10 Å². The Hall–Kier alpha value is -2.71. The standard InChI is InChI=1S/C20H19ClF2N4O2/c21-13-5-11(6-14(22)8-13)19(16-3-1-2-4-24-16)27(20(28)29)18-7-12-10-25-26-17(12)9-15(18)23/h5-10,16,19,24H,1-4H2,(H,25,26)(H,28,29)/t16-,19-/m0/s1. The second-order valence-electron chi connectivity index (χ2n) is 7.12. The van der Waals surface area contributed by atoms with E-state index in [-0.39, 0.29) is 16.8 Å². The van der Waals surface area contributed by atoms with Gasteiger partial charge in [0.05, 0.1) is 23.4 Å². The van der Waals surface area contributed by atoms with E-state index in [1.165, 1.54) is 30.5 Å². The topological polar surface area (TPSA) is 81.2 Å². The average Bonchev–Trinajstić information content (AvgIpc) is 3.12. The van der Waals surface area contributed by atoms with Crippen LogP contribution in [-0.2, 0) is 0 Å². The molecule has 0 bridgehead atoms. The Morgan fingerprint density at radius 2 is 2.07 bits per heavy atom. The fourth-order valence-electron chi connectivity index (χ4n) is 3.96. The molecule has 1 amide bonds. The van der Waals surface area contributed by atoms with Crippen LogP contribution in [-0.4, -0.2) is 34.0 Å². The first kappa shape index (κ1) is 19.6. The maximum absolute atomic E-state index is 14.9. The SMILES string of the molecule is O=C(O)N(c1cc2cn[nH]c2cc1F)[C@@H](c1cc(F)cc(Cl)c1)[C@@H]1CCCCN1. The first-order valence-corrected chi connectivity index (χ1v) is 9.66. The monoisotopic (exact) mass is 420 g/mol. The van der Waals surface area contributed by atoms with E-state index in [0.29, 0.717) is 29.4 Å². The van der Waals surface area contributed by atoms with Gasteiger partial charge in [-0.1, -0.05) is 18.0 Å². The molecule has 1 aliphatic rings. The van der Waals surface area contributed by atoms with Crippen LogP contribution in [0, 0.1) is 11.6 Å². The number of amides is 1. The fourth-order valence-corrected chi connectivity index (χ4v) is 4.20. The molecule has 152 valence electrons. The molecule has 0 saturated carbocycles. The molecule has 9 heteroatoms. The zero-order valence-corrected chi connectivity index (χ0v) is 16.1. The van der Waals surface area contributed by atoms with Crippen molar-refractivity contribution in [1.29, 1.82) is 0 Å². The normalized spacial score (nSPS) is 18.0. The summed E-state index contributed by atoms with van der Waals surface area (Å²) < 4.78 is 29.0. The second-order valence-corrected chi connectivity index (χ2v) is 7.55. The van der Waals surface area contributed by atoms with Gasteiger partial charge in [-0.05, 0) is 49.2 Å². The molecule has 2 aromatic carbocycles. The molecule has 3 aromatic rings. The number of hydrogen-bond acceptors (Lipinski definition) is 3. The number of nitrogens with zero attached hydrogens (tertiary/aromatic N) is 2. The Morgan fingerprint density at radius 3 is 2.76 bits per heavy atom. The summed E-state index contributed by atoms with van der Waals surface area (Å²) in [4.78, 5) is 13.3. The Kier molecular flexibility index (Phi) is 5.38. The molecule has 2 atom stereocenters. The zero-order chi connectivity index (χ0) is 20.5. The summed E-state index contributed by atoms with van der Waals surface area (Å²) in [6.07, 6.45) is 2.65. The van der Waals surface area contributed by atoms with Crippen LogP contribution in [0.15, 0.2) is 36.5 Å². The third-order valence-electron chi connectivity index (χ3n) is 5.21. The van der Waals surface area contributed by atoms with Crippen molar-refractivity contribution in [3.8, 4) is 0 Å². The average molecular weight is 421 g/mol. The van der Waals surface area contributed by atoms with Crippen LogP contribution in [0.5, 0.6) is 0 Å². The van der Waals surface area contributed by atoms with E-state index < -0.39 is 23.8 Å². The van der Waals surface area contributed by atoms with Gasteiger partial charge in [-0.25, -0.2) is 13.6 Å². The minimum absolute atomic E-state index is 0.121. The number of benzene rings is 2. The largest absolute Gasteiger partial charge is 0.465 e.